The van der Waals surface area contributed by atoms with E-state index in [9.17, 15) is 4.79 Å². The number of nitrogens with zero attached hydrogens (tertiary/aromatic N) is 5. The molecule has 4 aromatic rings. The Hall–Kier alpha value is -3.45. The minimum absolute atomic E-state index is 0.0482. The summed E-state index contributed by atoms with van der Waals surface area (Å²) in [6, 6.07) is 5.94. The van der Waals surface area contributed by atoms with Crippen molar-refractivity contribution in [3.05, 3.63) is 77.4 Å². The van der Waals surface area contributed by atoms with E-state index in [1.807, 2.05) is 47.4 Å². The Kier molecular flexibility index (Phi) is 3.64. The van der Waals surface area contributed by atoms with Crippen molar-refractivity contribution in [1.29, 1.82) is 0 Å². The minimum Gasteiger partial charge on any atom is -0.380 e. The predicted octanol–water partition coefficient (Wildman–Crippen LogP) is 2.57. The molecule has 4 aromatic heterocycles. The van der Waals surface area contributed by atoms with E-state index in [1.165, 1.54) is 0 Å². The average molecular weight is 399 g/mol. The number of hydrogen-bond acceptors (Lipinski definition) is 5. The molecule has 0 saturated carbocycles. The van der Waals surface area contributed by atoms with Crippen molar-refractivity contribution in [3.8, 4) is 0 Å². The van der Waals surface area contributed by atoms with Crippen molar-refractivity contribution in [1.82, 2.24) is 18.9 Å². The first-order valence-electron chi connectivity index (χ1n) is 10.0. The molecule has 6 heterocycles. The molecule has 150 valence electrons. The molecule has 2 fully saturated rings. The molecule has 7 heteroatoms. The predicted molar refractivity (Wildman–Crippen MR) is 116 cm³/mol. The van der Waals surface area contributed by atoms with Gasteiger partial charge in [0.05, 0.1) is 48.1 Å². The summed E-state index contributed by atoms with van der Waals surface area (Å²) >= 11 is 0. The van der Waals surface area contributed by atoms with Gasteiger partial charge >= 0.3 is 0 Å². The van der Waals surface area contributed by atoms with Gasteiger partial charge in [-0.05, 0) is 23.8 Å². The normalized spacial score (nSPS) is 17.3. The second-order valence-corrected chi connectivity index (χ2v) is 8.38. The number of aromatic nitrogens is 4. The number of hydrogen-bond donors (Lipinski definition) is 0. The van der Waals surface area contributed by atoms with Gasteiger partial charge in [0.15, 0.2) is 0 Å². The molecule has 2 saturated heterocycles. The molecule has 6 rings (SSSR count). The quantitative estimate of drug-likeness (QED) is 0.528. The highest BCUT2D eigenvalue weighted by Gasteiger charge is 2.49. The maximum atomic E-state index is 13.2. The zero-order valence-electron chi connectivity index (χ0n) is 16.5. The van der Waals surface area contributed by atoms with Crippen LogP contribution in [0.25, 0.3) is 22.5 Å². The van der Waals surface area contributed by atoms with Gasteiger partial charge in [0, 0.05) is 43.3 Å². The van der Waals surface area contributed by atoms with Crippen molar-refractivity contribution in [2.45, 2.75) is 6.54 Å². The van der Waals surface area contributed by atoms with Crippen LogP contribution in [-0.2, 0) is 11.3 Å². The molecule has 0 atom stereocenters. The largest absolute Gasteiger partial charge is 0.380 e. The van der Waals surface area contributed by atoms with E-state index in [1.54, 1.807) is 16.8 Å². The number of imidazole rings is 1. The van der Waals surface area contributed by atoms with Crippen LogP contribution < -0.4 is 10.5 Å². The number of pyridine rings is 3. The van der Waals surface area contributed by atoms with E-state index in [-0.39, 0.29) is 5.56 Å². The summed E-state index contributed by atoms with van der Waals surface area (Å²) in [5.41, 5.74) is 3.99. The summed E-state index contributed by atoms with van der Waals surface area (Å²) in [4.78, 5) is 24.4. The number of rotatable bonds is 4. The lowest BCUT2D eigenvalue weighted by molar-refractivity contribution is -0.126. The van der Waals surface area contributed by atoms with E-state index < -0.39 is 0 Å². The number of ether oxygens (including phenoxy) is 1. The third kappa shape index (κ3) is 2.59. The highest BCUT2D eigenvalue weighted by molar-refractivity contribution is 5.93. The van der Waals surface area contributed by atoms with Gasteiger partial charge in [-0.25, -0.2) is 4.98 Å². The molecule has 0 bridgehead atoms. The summed E-state index contributed by atoms with van der Waals surface area (Å²) in [6.07, 6.45) is 11.1. The maximum absolute atomic E-state index is 13.2. The van der Waals surface area contributed by atoms with Crippen LogP contribution in [-0.4, -0.2) is 45.2 Å². The fourth-order valence-corrected chi connectivity index (χ4v) is 4.51. The van der Waals surface area contributed by atoms with Crippen molar-refractivity contribution in [2.75, 3.05) is 31.2 Å². The van der Waals surface area contributed by atoms with E-state index in [0.29, 0.717) is 17.3 Å². The summed E-state index contributed by atoms with van der Waals surface area (Å²) in [5, 5.41) is 1.59. The van der Waals surface area contributed by atoms with Crippen molar-refractivity contribution in [2.24, 2.45) is 5.41 Å². The van der Waals surface area contributed by atoms with Gasteiger partial charge < -0.3 is 18.6 Å². The van der Waals surface area contributed by atoms with E-state index >= 15 is 0 Å². The van der Waals surface area contributed by atoms with E-state index in [4.69, 9.17) is 4.74 Å². The van der Waals surface area contributed by atoms with Crippen LogP contribution >= 0.6 is 0 Å². The summed E-state index contributed by atoms with van der Waals surface area (Å²) in [5.74, 6) is 0. The molecule has 0 aromatic carbocycles. The number of fused-ring (bicyclic) bond motifs is 2. The first-order chi connectivity index (χ1) is 14.6. The second kappa shape index (κ2) is 6.27. The van der Waals surface area contributed by atoms with E-state index in [0.717, 1.165) is 54.3 Å². The monoisotopic (exact) mass is 399 g/mol. The van der Waals surface area contributed by atoms with Gasteiger partial charge in [0.1, 0.15) is 5.65 Å². The highest BCUT2D eigenvalue weighted by atomic mass is 16.5. The highest BCUT2D eigenvalue weighted by Crippen LogP contribution is 2.41. The maximum Gasteiger partial charge on any atom is 0.260 e. The van der Waals surface area contributed by atoms with Gasteiger partial charge in [0.25, 0.3) is 5.56 Å². The molecule has 1 spiro atoms. The Morgan fingerprint density at radius 3 is 2.77 bits per heavy atom. The Bertz CT molecular complexity index is 1360. The van der Waals surface area contributed by atoms with Crippen LogP contribution in [0.15, 0.2) is 60.6 Å². The van der Waals surface area contributed by atoms with E-state index in [2.05, 4.69) is 21.4 Å². The van der Waals surface area contributed by atoms with Crippen LogP contribution in [0, 0.1) is 5.41 Å². The first-order valence-corrected chi connectivity index (χ1v) is 10.0. The SMILES string of the molecule is C=Cc1ccc2nc(Cn3ccc4c(N5CC6(COC6)C5)cncc4c3=O)cn2c1. The molecule has 0 unspecified atom stereocenters. The Morgan fingerprint density at radius 2 is 2.00 bits per heavy atom. The second-order valence-electron chi connectivity index (χ2n) is 8.38. The number of anilines is 1. The standard InChI is InChI=1S/C23H21N5O2/c1-2-16-3-4-21-25-17(11-27(21)9-16)10-26-6-5-18-19(22(26)29)7-24-8-20(18)28-12-23(13-28)14-30-15-23/h2-9,11H,1,10,12-15H2. The van der Waals surface area contributed by atoms with Gasteiger partial charge in [-0.15, -0.1) is 0 Å². The van der Waals surface area contributed by atoms with Gasteiger partial charge in [-0.2, -0.15) is 0 Å². The van der Waals surface area contributed by atoms with Crippen molar-refractivity contribution >= 4 is 28.2 Å². The molecule has 30 heavy (non-hydrogen) atoms. The summed E-state index contributed by atoms with van der Waals surface area (Å²) < 4.78 is 9.03. The topological polar surface area (TPSA) is 64.7 Å². The summed E-state index contributed by atoms with van der Waals surface area (Å²) in [7, 11) is 0. The minimum atomic E-state index is -0.0482. The third-order valence-corrected chi connectivity index (χ3v) is 6.18. The molecule has 2 aliphatic rings. The Morgan fingerprint density at radius 1 is 1.13 bits per heavy atom. The summed E-state index contributed by atoms with van der Waals surface area (Å²) in [6.45, 7) is 7.81. The van der Waals surface area contributed by atoms with Crippen molar-refractivity contribution < 1.29 is 4.74 Å². The Balaban J connectivity index is 1.33. The molecule has 0 amide bonds. The van der Waals surface area contributed by atoms with Crippen LogP contribution in [0.3, 0.4) is 0 Å². The lowest BCUT2D eigenvalue weighted by Gasteiger charge is -2.56. The third-order valence-electron chi connectivity index (χ3n) is 6.18. The van der Waals surface area contributed by atoms with Gasteiger partial charge in [-0.3, -0.25) is 9.78 Å². The smallest absolute Gasteiger partial charge is 0.260 e. The van der Waals surface area contributed by atoms with Crippen LogP contribution in [0.1, 0.15) is 11.3 Å². The lowest BCUT2D eigenvalue weighted by atomic mass is 9.77. The zero-order chi connectivity index (χ0) is 20.3. The molecular formula is C23H21N5O2. The fourth-order valence-electron chi connectivity index (χ4n) is 4.51. The zero-order valence-corrected chi connectivity index (χ0v) is 16.5. The molecule has 7 nitrogen and oxygen atoms in total. The van der Waals surface area contributed by atoms with Crippen LogP contribution in [0.4, 0.5) is 5.69 Å². The van der Waals surface area contributed by atoms with Gasteiger partial charge in [-0.1, -0.05) is 12.7 Å². The Labute approximate surface area is 172 Å². The molecular weight excluding hydrogens is 378 g/mol. The lowest BCUT2D eigenvalue weighted by Crippen LogP contribution is -2.66. The van der Waals surface area contributed by atoms with Crippen molar-refractivity contribution in [3.63, 3.8) is 0 Å². The van der Waals surface area contributed by atoms with Crippen LogP contribution in [0.2, 0.25) is 0 Å². The first kappa shape index (κ1) is 17.4. The average Bonchev–Trinajstić information content (AvgIpc) is 3.09. The van der Waals surface area contributed by atoms with Crippen LogP contribution in [0.5, 0.6) is 0 Å². The molecule has 0 aliphatic carbocycles. The molecule has 2 aliphatic heterocycles. The molecule has 0 radical (unpaired) electrons. The fraction of sp³-hybridized carbons (Fsp3) is 0.261. The molecule has 0 N–H and O–H groups in total. The van der Waals surface area contributed by atoms with Gasteiger partial charge in [0.2, 0.25) is 0 Å².